The Balaban J connectivity index is 4.64. The van der Waals surface area contributed by atoms with Gasteiger partial charge in [-0.2, -0.15) is 0 Å². The Hall–Kier alpha value is -1.58. The van der Waals surface area contributed by atoms with Crippen LogP contribution in [0.5, 0.6) is 0 Å². The molecule has 4 heteroatoms. The summed E-state index contributed by atoms with van der Waals surface area (Å²) in [6, 6.07) is 0. The van der Waals surface area contributed by atoms with Crippen molar-refractivity contribution in [2.24, 2.45) is 5.92 Å². The van der Waals surface area contributed by atoms with Gasteiger partial charge in [-0.05, 0) is 6.92 Å². The number of carbonyl (C=O) groups is 2. The molecule has 0 amide bonds. The number of allylic oxidation sites excluding steroid dienone is 2. The van der Waals surface area contributed by atoms with Gasteiger partial charge < -0.3 is 9.47 Å². The van der Waals surface area contributed by atoms with Gasteiger partial charge in [-0.1, -0.05) is 24.3 Å². The number of hydrogen-bond donors (Lipinski definition) is 0. The molecule has 0 heterocycles. The van der Waals surface area contributed by atoms with Crippen molar-refractivity contribution in [3.8, 4) is 0 Å². The van der Waals surface area contributed by atoms with Crippen molar-refractivity contribution < 1.29 is 19.1 Å². The zero-order valence-corrected chi connectivity index (χ0v) is 8.57. The maximum Gasteiger partial charge on any atom is 0.323 e. The van der Waals surface area contributed by atoms with Crippen molar-refractivity contribution in [2.45, 2.75) is 6.92 Å². The van der Waals surface area contributed by atoms with E-state index in [1.54, 1.807) is 13.0 Å². The van der Waals surface area contributed by atoms with Crippen molar-refractivity contribution in [2.75, 3.05) is 14.2 Å². The van der Waals surface area contributed by atoms with Gasteiger partial charge in [0, 0.05) is 0 Å². The van der Waals surface area contributed by atoms with Crippen molar-refractivity contribution >= 4 is 11.9 Å². The smallest absolute Gasteiger partial charge is 0.323 e. The van der Waals surface area contributed by atoms with Crippen molar-refractivity contribution in [3.63, 3.8) is 0 Å². The van der Waals surface area contributed by atoms with Crippen LogP contribution in [0.2, 0.25) is 0 Å². The Bertz CT molecular complexity index is 249. The average Bonchev–Trinajstić information content (AvgIpc) is 2.16. The summed E-state index contributed by atoms with van der Waals surface area (Å²) in [5.74, 6) is -2.30. The SMILES string of the molecule is C=C(C)/C=C/C(C(=O)OC)C(=O)OC. The highest BCUT2D eigenvalue weighted by Gasteiger charge is 2.25. The van der Waals surface area contributed by atoms with E-state index >= 15 is 0 Å². The monoisotopic (exact) mass is 198 g/mol. The third kappa shape index (κ3) is 3.89. The van der Waals surface area contributed by atoms with E-state index in [4.69, 9.17) is 0 Å². The quantitative estimate of drug-likeness (QED) is 0.385. The van der Waals surface area contributed by atoms with Crippen LogP contribution < -0.4 is 0 Å². The summed E-state index contributed by atoms with van der Waals surface area (Å²) in [7, 11) is 2.43. The second-order valence-electron chi connectivity index (χ2n) is 2.73. The molecule has 0 aliphatic heterocycles. The van der Waals surface area contributed by atoms with E-state index in [0.29, 0.717) is 0 Å². The molecule has 0 rings (SSSR count). The Kier molecular flexibility index (Phi) is 5.29. The van der Waals surface area contributed by atoms with E-state index in [1.165, 1.54) is 20.3 Å². The molecular weight excluding hydrogens is 184 g/mol. The van der Waals surface area contributed by atoms with Crippen LogP contribution in [0.4, 0.5) is 0 Å². The summed E-state index contributed by atoms with van der Waals surface area (Å²) in [6.45, 7) is 5.36. The third-order valence-electron chi connectivity index (χ3n) is 1.48. The molecular formula is C10H14O4. The van der Waals surface area contributed by atoms with Crippen LogP contribution >= 0.6 is 0 Å². The van der Waals surface area contributed by atoms with Crippen LogP contribution in [0.3, 0.4) is 0 Å². The number of rotatable bonds is 4. The molecule has 0 fully saturated rings. The largest absolute Gasteiger partial charge is 0.468 e. The van der Waals surface area contributed by atoms with E-state index < -0.39 is 17.9 Å². The Labute approximate surface area is 83.2 Å². The predicted octanol–water partition coefficient (Wildman–Crippen LogP) is 1.08. The van der Waals surface area contributed by atoms with Crippen LogP contribution in [-0.4, -0.2) is 26.2 Å². The zero-order chi connectivity index (χ0) is 11.1. The van der Waals surface area contributed by atoms with Gasteiger partial charge in [0.25, 0.3) is 0 Å². The first-order chi connectivity index (χ1) is 6.52. The first-order valence-corrected chi connectivity index (χ1v) is 4.02. The number of esters is 2. The van der Waals surface area contributed by atoms with E-state index in [0.717, 1.165) is 5.57 Å². The normalized spacial score (nSPS) is 10.3. The molecule has 0 saturated carbocycles. The van der Waals surface area contributed by atoms with E-state index in [1.807, 2.05) is 0 Å². The lowest BCUT2D eigenvalue weighted by molar-refractivity contribution is -0.156. The van der Waals surface area contributed by atoms with Gasteiger partial charge in [0.05, 0.1) is 14.2 Å². The second kappa shape index (κ2) is 5.96. The van der Waals surface area contributed by atoms with Gasteiger partial charge in [0.1, 0.15) is 0 Å². The predicted molar refractivity (Wildman–Crippen MR) is 51.5 cm³/mol. The highest BCUT2D eigenvalue weighted by molar-refractivity contribution is 5.96. The summed E-state index contributed by atoms with van der Waals surface area (Å²) in [4.78, 5) is 22.2. The first-order valence-electron chi connectivity index (χ1n) is 4.02. The summed E-state index contributed by atoms with van der Waals surface area (Å²) in [5, 5.41) is 0. The van der Waals surface area contributed by atoms with Gasteiger partial charge >= 0.3 is 11.9 Å². The Morgan fingerprint density at radius 1 is 1.21 bits per heavy atom. The molecule has 78 valence electrons. The first kappa shape index (κ1) is 12.4. The zero-order valence-electron chi connectivity index (χ0n) is 8.57. The van der Waals surface area contributed by atoms with E-state index in [9.17, 15) is 9.59 Å². The minimum absolute atomic E-state index is 0.644. The fraction of sp³-hybridized carbons (Fsp3) is 0.400. The summed E-state index contributed by atoms with van der Waals surface area (Å²) < 4.78 is 8.89. The number of methoxy groups -OCH3 is 2. The molecule has 0 aromatic heterocycles. The van der Waals surface area contributed by atoms with Crippen LogP contribution in [0.15, 0.2) is 24.3 Å². The standard InChI is InChI=1S/C10H14O4/c1-7(2)5-6-8(9(11)13-3)10(12)14-4/h5-6,8H,1H2,2-4H3/b6-5+. The molecule has 0 aromatic carbocycles. The van der Waals surface area contributed by atoms with Crippen LogP contribution in [0.25, 0.3) is 0 Å². The molecule has 0 aliphatic rings. The molecule has 0 saturated heterocycles. The van der Waals surface area contributed by atoms with Crippen LogP contribution in [0.1, 0.15) is 6.92 Å². The molecule has 0 aliphatic carbocycles. The van der Waals surface area contributed by atoms with Crippen molar-refractivity contribution in [1.29, 1.82) is 0 Å². The summed E-state index contributed by atoms with van der Waals surface area (Å²) >= 11 is 0. The lowest BCUT2D eigenvalue weighted by Gasteiger charge is -2.07. The Morgan fingerprint density at radius 2 is 1.64 bits per heavy atom. The number of carbonyl (C=O) groups excluding carboxylic acids is 2. The molecule has 0 N–H and O–H groups in total. The van der Waals surface area contributed by atoms with E-state index in [2.05, 4.69) is 16.1 Å². The second-order valence-corrected chi connectivity index (χ2v) is 2.73. The number of hydrogen-bond acceptors (Lipinski definition) is 4. The summed E-state index contributed by atoms with van der Waals surface area (Å²) in [5.41, 5.74) is 0.739. The van der Waals surface area contributed by atoms with Gasteiger partial charge in [0.15, 0.2) is 5.92 Å². The molecule has 0 radical (unpaired) electrons. The Morgan fingerprint density at radius 3 is 1.93 bits per heavy atom. The lowest BCUT2D eigenvalue weighted by Crippen LogP contribution is -2.24. The molecule has 4 nitrogen and oxygen atoms in total. The fourth-order valence-corrected chi connectivity index (χ4v) is 0.768. The maximum atomic E-state index is 11.1. The molecule has 0 aromatic rings. The van der Waals surface area contributed by atoms with Gasteiger partial charge in [0.2, 0.25) is 0 Å². The van der Waals surface area contributed by atoms with Gasteiger partial charge in [-0.15, -0.1) is 0 Å². The molecule has 0 bridgehead atoms. The minimum atomic E-state index is -1.01. The molecule has 0 unspecified atom stereocenters. The average molecular weight is 198 g/mol. The number of ether oxygens (including phenoxy) is 2. The maximum absolute atomic E-state index is 11.1. The lowest BCUT2D eigenvalue weighted by atomic mass is 10.1. The van der Waals surface area contributed by atoms with E-state index in [-0.39, 0.29) is 0 Å². The highest BCUT2D eigenvalue weighted by Crippen LogP contribution is 2.06. The van der Waals surface area contributed by atoms with Gasteiger partial charge in [-0.3, -0.25) is 9.59 Å². The third-order valence-corrected chi connectivity index (χ3v) is 1.48. The van der Waals surface area contributed by atoms with Crippen molar-refractivity contribution in [1.82, 2.24) is 0 Å². The summed E-state index contributed by atoms with van der Waals surface area (Å²) in [6.07, 6.45) is 2.97. The topological polar surface area (TPSA) is 52.6 Å². The van der Waals surface area contributed by atoms with Crippen molar-refractivity contribution in [3.05, 3.63) is 24.3 Å². The van der Waals surface area contributed by atoms with Crippen LogP contribution in [-0.2, 0) is 19.1 Å². The molecule has 14 heavy (non-hydrogen) atoms. The van der Waals surface area contributed by atoms with Crippen LogP contribution in [0, 0.1) is 5.92 Å². The minimum Gasteiger partial charge on any atom is -0.468 e. The molecule has 0 atom stereocenters. The highest BCUT2D eigenvalue weighted by atomic mass is 16.5. The molecule has 0 spiro atoms. The fourth-order valence-electron chi connectivity index (χ4n) is 0.768. The van der Waals surface area contributed by atoms with Gasteiger partial charge in [-0.25, -0.2) is 0 Å².